The molecule has 0 radical (unpaired) electrons. The lowest BCUT2D eigenvalue weighted by molar-refractivity contribution is -0.142. The summed E-state index contributed by atoms with van der Waals surface area (Å²) in [5, 5.41) is 22.3. The van der Waals surface area contributed by atoms with E-state index in [1.54, 1.807) is 32.0 Å². The van der Waals surface area contributed by atoms with Gasteiger partial charge in [0, 0.05) is 73.8 Å². The van der Waals surface area contributed by atoms with Crippen molar-refractivity contribution in [2.24, 2.45) is 18.4 Å². The number of nitrogens with one attached hydrogen (secondary N) is 4. The largest absolute Gasteiger partial charge is 0.480 e. The summed E-state index contributed by atoms with van der Waals surface area (Å²) in [6, 6.07) is 4.89. The van der Waals surface area contributed by atoms with Gasteiger partial charge in [0.25, 0.3) is 11.8 Å². The number of aryl methyl sites for hydroxylation is 1. The van der Waals surface area contributed by atoms with E-state index in [1.165, 1.54) is 0 Å². The van der Waals surface area contributed by atoms with Crippen LogP contribution in [-0.4, -0.2) is 112 Å². The molecule has 2 heterocycles. The van der Waals surface area contributed by atoms with Gasteiger partial charge in [0.15, 0.2) is 0 Å². The molecule has 0 bridgehead atoms. The van der Waals surface area contributed by atoms with Crippen LogP contribution in [0.1, 0.15) is 93.1 Å². The third kappa shape index (κ3) is 12.4. The molecule has 0 saturated heterocycles. The number of imide groups is 1. The van der Waals surface area contributed by atoms with Crippen LogP contribution >= 0.6 is 0 Å². The summed E-state index contributed by atoms with van der Waals surface area (Å²) >= 11 is 0. The number of hydrogen-bond donors (Lipinski definition) is 5. The summed E-state index contributed by atoms with van der Waals surface area (Å²) < 4.78 is 2.05. The van der Waals surface area contributed by atoms with Crippen molar-refractivity contribution in [2.75, 3.05) is 27.2 Å². The Morgan fingerprint density at radius 3 is 2.12 bits per heavy atom. The number of likely N-dealkylation sites (N-methyl/N-ethyl adjacent to an activating group) is 2. The molecular weight excluding hydrogens is 755 g/mol. The Labute approximate surface area is 348 Å². The van der Waals surface area contributed by atoms with Crippen LogP contribution in [0, 0.1) is 11.3 Å². The van der Waals surface area contributed by atoms with Gasteiger partial charge in [-0.2, -0.15) is 0 Å². The Balaban J connectivity index is 1.59. The first kappa shape index (κ1) is 48.1. The zero-order chi connectivity index (χ0) is 44.4. The van der Waals surface area contributed by atoms with E-state index in [2.05, 4.69) is 21.3 Å². The van der Waals surface area contributed by atoms with Crippen molar-refractivity contribution in [3.8, 4) is 0 Å². The predicted molar refractivity (Wildman–Crippen MR) is 227 cm³/mol. The lowest BCUT2D eigenvalue weighted by Crippen LogP contribution is -2.61. The van der Waals surface area contributed by atoms with Crippen molar-refractivity contribution >= 4 is 52.3 Å². The molecule has 324 valence electrons. The number of amides is 6. The molecule has 0 saturated carbocycles. The number of hydrogen-bond acceptors (Lipinski definition) is 8. The number of carboxylic acids is 1. The van der Waals surface area contributed by atoms with E-state index in [0.717, 1.165) is 33.5 Å². The number of aliphatic carboxylic acids is 1. The van der Waals surface area contributed by atoms with Crippen molar-refractivity contribution in [1.82, 2.24) is 35.6 Å². The average Bonchev–Trinajstić information content (AvgIpc) is 3.68. The Morgan fingerprint density at radius 2 is 1.54 bits per heavy atom. The van der Waals surface area contributed by atoms with E-state index in [0.29, 0.717) is 18.4 Å². The van der Waals surface area contributed by atoms with Gasteiger partial charge in [-0.1, -0.05) is 72.7 Å². The van der Waals surface area contributed by atoms with Crippen LogP contribution in [0.4, 0.5) is 0 Å². The number of benzene rings is 1. The predicted octanol–water partition coefficient (Wildman–Crippen LogP) is 3.57. The quantitative estimate of drug-likeness (QED) is 0.0710. The van der Waals surface area contributed by atoms with Gasteiger partial charge in [-0.25, -0.2) is 4.79 Å². The average molecular weight is 820 g/mol. The highest BCUT2D eigenvalue weighted by Gasteiger charge is 2.42. The summed E-state index contributed by atoms with van der Waals surface area (Å²) in [6.45, 7) is 15.7. The Kier molecular flexibility index (Phi) is 16.8. The molecule has 1 aromatic heterocycles. The molecule has 15 heteroatoms. The molecular formula is C44H65N7O8. The lowest BCUT2D eigenvalue weighted by atomic mass is 9.76. The van der Waals surface area contributed by atoms with Crippen LogP contribution in [-0.2, 0) is 46.0 Å². The van der Waals surface area contributed by atoms with E-state index in [-0.39, 0.29) is 56.0 Å². The molecule has 59 heavy (non-hydrogen) atoms. The molecule has 15 nitrogen and oxygen atoms in total. The fourth-order valence-electron chi connectivity index (χ4n) is 7.53. The fourth-order valence-corrected chi connectivity index (χ4v) is 7.53. The molecule has 0 fully saturated rings. The van der Waals surface area contributed by atoms with Crippen LogP contribution < -0.4 is 21.3 Å². The topological polar surface area (TPSA) is 199 Å². The van der Waals surface area contributed by atoms with Crippen LogP contribution in [0.3, 0.4) is 0 Å². The molecule has 1 aliphatic rings. The van der Waals surface area contributed by atoms with Gasteiger partial charge >= 0.3 is 5.97 Å². The second-order valence-corrected chi connectivity index (χ2v) is 17.4. The van der Waals surface area contributed by atoms with Crippen LogP contribution in [0.2, 0.25) is 0 Å². The highest BCUT2D eigenvalue weighted by molar-refractivity contribution is 6.12. The number of nitrogens with zero attached hydrogens (tertiary/aromatic N) is 3. The third-order valence-electron chi connectivity index (χ3n) is 11.0. The zero-order valence-electron chi connectivity index (χ0n) is 36.6. The molecule has 5 N–H and O–H groups in total. The van der Waals surface area contributed by atoms with Gasteiger partial charge in [0.05, 0.1) is 12.1 Å². The molecule has 4 atom stereocenters. The first-order valence-corrected chi connectivity index (χ1v) is 20.3. The maximum absolute atomic E-state index is 14.3. The van der Waals surface area contributed by atoms with Crippen LogP contribution in [0.15, 0.2) is 54.3 Å². The molecule has 0 spiro atoms. The van der Waals surface area contributed by atoms with Gasteiger partial charge in [0.1, 0.15) is 12.1 Å². The zero-order valence-corrected chi connectivity index (χ0v) is 36.6. The number of para-hydroxylation sites is 1. The van der Waals surface area contributed by atoms with Gasteiger partial charge < -0.3 is 35.8 Å². The number of rotatable bonds is 21. The second kappa shape index (κ2) is 20.6. The summed E-state index contributed by atoms with van der Waals surface area (Å²) in [5.41, 5.74) is 1.15. The third-order valence-corrected chi connectivity index (χ3v) is 11.0. The maximum atomic E-state index is 14.3. The van der Waals surface area contributed by atoms with Crippen LogP contribution in [0.5, 0.6) is 0 Å². The van der Waals surface area contributed by atoms with Crippen molar-refractivity contribution in [3.05, 3.63) is 59.8 Å². The molecule has 0 aliphatic carbocycles. The number of carboxylic acid groups (broad SMARTS) is 1. The van der Waals surface area contributed by atoms with Crippen LogP contribution in [0.25, 0.3) is 10.9 Å². The first-order chi connectivity index (χ1) is 27.5. The Morgan fingerprint density at radius 1 is 0.915 bits per heavy atom. The minimum Gasteiger partial charge on any atom is -0.480 e. The van der Waals surface area contributed by atoms with E-state index in [4.69, 9.17) is 0 Å². The molecule has 6 amide bonds. The Bertz CT molecular complexity index is 1920. The number of carbonyl (C=O) groups excluding carboxylic acids is 6. The number of carbonyl (C=O) groups is 7. The second-order valence-electron chi connectivity index (χ2n) is 17.4. The van der Waals surface area contributed by atoms with Gasteiger partial charge in [0.2, 0.25) is 23.6 Å². The van der Waals surface area contributed by atoms with E-state index < -0.39 is 58.7 Å². The number of aromatic nitrogens is 1. The Hall–Kier alpha value is -5.31. The van der Waals surface area contributed by atoms with Crippen molar-refractivity contribution < 1.29 is 38.7 Å². The lowest BCUT2D eigenvalue weighted by Gasteiger charge is -2.39. The number of unbranched alkanes of at least 4 members (excludes halogenated alkanes) is 1. The van der Waals surface area contributed by atoms with Gasteiger partial charge in [-0.3, -0.25) is 33.7 Å². The SMILES string of the molecule is CN[C@H](C(=O)N[C@H](C(=O)N(C)[C@H](/C=C(\C)C(=O)NCCCC[C@H](NC(=O)CCCN1C(=O)C=CC1=O)C(=O)O)C(C)C)C(C)(C)C)C(C)(C)c1cn(C)c2ccccc12. The summed E-state index contributed by atoms with van der Waals surface area (Å²) in [5.74, 6) is -3.58. The maximum Gasteiger partial charge on any atom is 0.326 e. The number of fused-ring (bicyclic) bond motifs is 1. The van der Waals surface area contributed by atoms with Gasteiger partial charge in [-0.15, -0.1) is 0 Å². The standard InChI is InChI=1S/C44H65N7O8/c1-27(2)33(25-28(3)39(55)46-23-15-14-18-31(42(58)59)47-34(52)20-16-24-51-35(53)21-22-36(51)54)50(11)41(57)38(43(4,5)6)48-40(56)37(45-9)44(7,8)30-26-49(10)32-19-13-12-17-29(30)32/h12-13,17,19,21-22,25-27,31,33,37-38,45H,14-16,18,20,23-24H2,1-11H3,(H,46,55)(H,47,52)(H,48,56)(H,58,59)/b28-25+/t31-,33+,37+,38+/m0/s1. The smallest absolute Gasteiger partial charge is 0.326 e. The summed E-state index contributed by atoms with van der Waals surface area (Å²) in [7, 11) is 5.40. The highest BCUT2D eigenvalue weighted by atomic mass is 16.4. The minimum atomic E-state index is -1.19. The van der Waals surface area contributed by atoms with Crippen molar-refractivity contribution in [1.29, 1.82) is 0 Å². The highest BCUT2D eigenvalue weighted by Crippen LogP contribution is 2.35. The van der Waals surface area contributed by atoms with E-state index >= 15 is 0 Å². The van der Waals surface area contributed by atoms with E-state index in [1.807, 2.05) is 90.5 Å². The molecule has 1 aliphatic heterocycles. The fraction of sp³-hybridized carbons (Fsp3) is 0.568. The molecule has 0 unspecified atom stereocenters. The molecule has 1 aromatic carbocycles. The summed E-state index contributed by atoms with van der Waals surface area (Å²) in [4.78, 5) is 91.8. The van der Waals surface area contributed by atoms with Gasteiger partial charge in [-0.05, 0) is 62.6 Å². The first-order valence-electron chi connectivity index (χ1n) is 20.3. The molecule has 3 rings (SSSR count). The van der Waals surface area contributed by atoms with Crippen molar-refractivity contribution in [2.45, 2.75) is 117 Å². The van der Waals surface area contributed by atoms with E-state index in [9.17, 15) is 38.7 Å². The molecule has 2 aromatic rings. The minimum absolute atomic E-state index is 0.0477. The monoisotopic (exact) mass is 819 g/mol. The van der Waals surface area contributed by atoms with Crippen molar-refractivity contribution in [3.63, 3.8) is 0 Å². The summed E-state index contributed by atoms with van der Waals surface area (Å²) in [6.07, 6.45) is 7.28. The normalized spacial score (nSPS) is 15.6.